The van der Waals surface area contributed by atoms with Crippen molar-refractivity contribution in [3.8, 4) is 11.5 Å². The molecule has 0 heterocycles. The van der Waals surface area contributed by atoms with Crippen LogP contribution in [-0.2, 0) is 9.47 Å². The quantitative estimate of drug-likeness (QED) is 0.203. The van der Waals surface area contributed by atoms with Crippen molar-refractivity contribution in [1.29, 1.82) is 0 Å². The minimum Gasteiger partial charge on any atom is -0.493 e. The van der Waals surface area contributed by atoms with Crippen LogP contribution < -0.4 is 9.47 Å². The summed E-state index contributed by atoms with van der Waals surface area (Å²) in [6.07, 6.45) is 0. The minimum absolute atomic E-state index is 0.103. The molecule has 2 atom stereocenters. The number of benzene rings is 2. The third kappa shape index (κ3) is 8.81. The van der Waals surface area contributed by atoms with Crippen LogP contribution in [0.3, 0.4) is 0 Å². The third-order valence-electron chi connectivity index (χ3n) is 4.06. The number of rotatable bonds is 14. The Morgan fingerprint density at radius 1 is 0.645 bits per heavy atom. The van der Waals surface area contributed by atoms with Crippen LogP contribution in [0.25, 0.3) is 0 Å². The molecule has 4 nitrogen and oxygen atoms in total. The summed E-state index contributed by atoms with van der Waals surface area (Å²) in [4.78, 5) is 4.41. The second-order valence-corrected chi connectivity index (χ2v) is 10.3. The lowest BCUT2D eigenvalue weighted by molar-refractivity contribution is 0.137. The smallest absolute Gasteiger partial charge is 0.134 e. The highest BCUT2D eigenvalue weighted by Crippen LogP contribution is 2.43. The average molecular weight is 483 g/mol. The summed E-state index contributed by atoms with van der Waals surface area (Å²) < 4.78 is 23.2. The topological polar surface area (TPSA) is 36.9 Å². The lowest BCUT2D eigenvalue weighted by atomic mass is 10.3. The SMILES string of the molecule is CCOc1cc(SC(C)OCC)ccc1Sc1ccc(SC(C)OCC)cc1OCC. The molecule has 0 bridgehead atoms. The molecule has 2 aromatic rings. The highest BCUT2D eigenvalue weighted by Gasteiger charge is 2.14. The van der Waals surface area contributed by atoms with Crippen LogP contribution in [0, 0.1) is 0 Å². The molecule has 0 fully saturated rings. The van der Waals surface area contributed by atoms with Gasteiger partial charge in [-0.15, -0.1) is 0 Å². The maximum Gasteiger partial charge on any atom is 0.134 e. The van der Waals surface area contributed by atoms with E-state index in [1.54, 1.807) is 35.3 Å². The number of hydrogen-bond donors (Lipinski definition) is 0. The second kappa shape index (κ2) is 14.2. The monoisotopic (exact) mass is 482 g/mol. The van der Waals surface area contributed by atoms with Crippen LogP contribution in [0.2, 0.25) is 0 Å². The summed E-state index contributed by atoms with van der Waals surface area (Å²) in [5, 5.41) is 0. The largest absolute Gasteiger partial charge is 0.493 e. The predicted molar refractivity (Wildman–Crippen MR) is 133 cm³/mol. The van der Waals surface area contributed by atoms with Crippen molar-refractivity contribution in [2.24, 2.45) is 0 Å². The fourth-order valence-corrected chi connectivity index (χ4v) is 5.63. The molecule has 0 aliphatic heterocycles. The second-order valence-electron chi connectivity index (χ2n) is 6.47. The molecule has 0 saturated heterocycles. The summed E-state index contributed by atoms with van der Waals surface area (Å²) in [5.41, 5.74) is 0.207. The molecule has 0 amide bonds. The van der Waals surface area contributed by atoms with Crippen LogP contribution in [0.15, 0.2) is 56.0 Å². The molecule has 2 aromatic carbocycles. The average Bonchev–Trinajstić information content (AvgIpc) is 2.72. The Labute approximate surface area is 200 Å². The van der Waals surface area contributed by atoms with E-state index in [1.807, 2.05) is 27.7 Å². The maximum atomic E-state index is 5.96. The lowest BCUT2D eigenvalue weighted by Crippen LogP contribution is -2.02. The number of thioether (sulfide) groups is 2. The Bertz CT molecular complexity index is 735. The van der Waals surface area contributed by atoms with Gasteiger partial charge in [-0.2, -0.15) is 0 Å². The molecular formula is C24H34O4S3. The first kappa shape index (κ1) is 26.3. The molecule has 2 unspecified atom stereocenters. The first-order chi connectivity index (χ1) is 15.0. The van der Waals surface area contributed by atoms with E-state index in [0.717, 1.165) is 31.1 Å². The van der Waals surface area contributed by atoms with Gasteiger partial charge >= 0.3 is 0 Å². The summed E-state index contributed by atoms with van der Waals surface area (Å²) in [6, 6.07) is 12.7. The molecular weight excluding hydrogens is 448 g/mol. The van der Waals surface area contributed by atoms with Gasteiger partial charge in [-0.3, -0.25) is 0 Å². The van der Waals surface area contributed by atoms with Crippen LogP contribution in [-0.4, -0.2) is 37.3 Å². The molecule has 0 N–H and O–H groups in total. The molecule has 0 aliphatic carbocycles. The van der Waals surface area contributed by atoms with Gasteiger partial charge in [-0.05, 0) is 77.9 Å². The van der Waals surface area contributed by atoms with Gasteiger partial charge in [-0.1, -0.05) is 35.3 Å². The zero-order valence-electron chi connectivity index (χ0n) is 19.3. The van der Waals surface area contributed by atoms with E-state index in [4.69, 9.17) is 18.9 Å². The van der Waals surface area contributed by atoms with Crippen molar-refractivity contribution in [1.82, 2.24) is 0 Å². The molecule has 2 rings (SSSR count). The third-order valence-corrected chi connectivity index (χ3v) is 7.16. The first-order valence-electron chi connectivity index (χ1n) is 10.8. The van der Waals surface area contributed by atoms with Gasteiger partial charge < -0.3 is 18.9 Å². The van der Waals surface area contributed by atoms with Gasteiger partial charge in [0.25, 0.3) is 0 Å². The van der Waals surface area contributed by atoms with Gasteiger partial charge in [-0.25, -0.2) is 0 Å². The Balaban J connectivity index is 2.24. The van der Waals surface area contributed by atoms with Gasteiger partial charge in [0.2, 0.25) is 0 Å². The van der Waals surface area contributed by atoms with E-state index < -0.39 is 0 Å². The Hall–Kier alpha value is -0.990. The van der Waals surface area contributed by atoms with Crippen molar-refractivity contribution in [2.45, 2.75) is 72.0 Å². The standard InChI is InChI=1S/C24H34O4S3/c1-7-25-17(5)29-19-11-13-23(21(15-19)27-9-3)31-24-14-12-20(16-22(24)28-10-4)30-18(6)26-8-2/h11-18H,7-10H2,1-6H3. The summed E-state index contributed by atoms with van der Waals surface area (Å²) in [7, 11) is 0. The fraction of sp³-hybridized carbons (Fsp3) is 0.500. The Kier molecular flexibility index (Phi) is 12.0. The maximum absolute atomic E-state index is 5.96. The zero-order chi connectivity index (χ0) is 22.6. The highest BCUT2D eigenvalue weighted by atomic mass is 32.2. The van der Waals surface area contributed by atoms with Crippen molar-refractivity contribution < 1.29 is 18.9 Å². The minimum atomic E-state index is 0.103. The lowest BCUT2D eigenvalue weighted by Gasteiger charge is -2.17. The molecule has 0 spiro atoms. The zero-order valence-corrected chi connectivity index (χ0v) is 21.8. The van der Waals surface area contributed by atoms with E-state index in [0.29, 0.717) is 26.4 Å². The van der Waals surface area contributed by atoms with Crippen molar-refractivity contribution in [3.05, 3.63) is 36.4 Å². The van der Waals surface area contributed by atoms with Gasteiger partial charge in [0.15, 0.2) is 0 Å². The Morgan fingerprint density at radius 2 is 1.06 bits per heavy atom. The van der Waals surface area contributed by atoms with Crippen LogP contribution in [0.1, 0.15) is 41.5 Å². The van der Waals surface area contributed by atoms with Gasteiger partial charge in [0, 0.05) is 23.0 Å². The van der Waals surface area contributed by atoms with E-state index in [1.165, 1.54) is 0 Å². The van der Waals surface area contributed by atoms with Crippen LogP contribution >= 0.6 is 35.3 Å². The summed E-state index contributed by atoms with van der Waals surface area (Å²) in [5.74, 6) is 1.76. The molecule has 0 saturated carbocycles. The molecule has 0 aromatic heterocycles. The van der Waals surface area contributed by atoms with Gasteiger partial charge in [0.1, 0.15) is 22.4 Å². The molecule has 7 heteroatoms. The van der Waals surface area contributed by atoms with Crippen LogP contribution in [0.4, 0.5) is 0 Å². The first-order valence-corrected chi connectivity index (χ1v) is 13.4. The highest BCUT2D eigenvalue weighted by molar-refractivity contribution is 8.00. The fourth-order valence-electron chi connectivity index (χ4n) is 2.87. The van der Waals surface area contributed by atoms with E-state index in [9.17, 15) is 0 Å². The molecule has 0 aliphatic rings. The summed E-state index contributed by atoms with van der Waals surface area (Å²) >= 11 is 5.06. The molecule has 0 radical (unpaired) electrons. The van der Waals surface area contributed by atoms with Crippen LogP contribution in [0.5, 0.6) is 11.5 Å². The van der Waals surface area contributed by atoms with Crippen molar-refractivity contribution in [3.63, 3.8) is 0 Å². The van der Waals surface area contributed by atoms with Crippen molar-refractivity contribution in [2.75, 3.05) is 26.4 Å². The van der Waals surface area contributed by atoms with E-state index in [2.05, 4.69) is 50.2 Å². The predicted octanol–water partition coefficient (Wildman–Crippen LogP) is 7.58. The molecule has 172 valence electrons. The Morgan fingerprint density at radius 3 is 1.42 bits per heavy atom. The number of ether oxygens (including phenoxy) is 4. The van der Waals surface area contributed by atoms with E-state index in [-0.39, 0.29) is 10.9 Å². The normalized spacial score (nSPS) is 13.1. The van der Waals surface area contributed by atoms with Gasteiger partial charge in [0.05, 0.1) is 23.0 Å². The number of hydrogen-bond acceptors (Lipinski definition) is 7. The summed E-state index contributed by atoms with van der Waals surface area (Å²) in [6.45, 7) is 14.8. The van der Waals surface area contributed by atoms with Crippen molar-refractivity contribution >= 4 is 35.3 Å². The molecule has 31 heavy (non-hydrogen) atoms. The van der Waals surface area contributed by atoms with E-state index >= 15 is 0 Å².